The maximum Gasteiger partial charge on any atom is 0.416 e. The molecule has 4 aromatic rings. The van der Waals surface area contributed by atoms with E-state index in [1.54, 1.807) is 13.2 Å². The van der Waals surface area contributed by atoms with Crippen LogP contribution >= 0.6 is 11.6 Å². The van der Waals surface area contributed by atoms with Gasteiger partial charge in [-0.2, -0.15) is 13.2 Å². The van der Waals surface area contributed by atoms with Crippen molar-refractivity contribution in [3.05, 3.63) is 68.7 Å². The highest BCUT2D eigenvalue weighted by Gasteiger charge is 2.31. The maximum atomic E-state index is 13.1. The van der Waals surface area contributed by atoms with Crippen LogP contribution in [0.15, 0.2) is 41.3 Å². The number of aromatic amines is 2. The van der Waals surface area contributed by atoms with E-state index in [0.717, 1.165) is 67.8 Å². The van der Waals surface area contributed by atoms with Gasteiger partial charge in [-0.1, -0.05) is 17.7 Å². The van der Waals surface area contributed by atoms with E-state index in [-0.39, 0.29) is 23.1 Å². The molecule has 9 nitrogen and oxygen atoms in total. The van der Waals surface area contributed by atoms with Gasteiger partial charge in [-0.05, 0) is 74.2 Å². The highest BCUT2D eigenvalue weighted by Crippen LogP contribution is 2.34. The first kappa shape index (κ1) is 29.9. The van der Waals surface area contributed by atoms with Gasteiger partial charge in [0.2, 0.25) is 0 Å². The van der Waals surface area contributed by atoms with E-state index >= 15 is 0 Å². The van der Waals surface area contributed by atoms with Crippen molar-refractivity contribution in [2.45, 2.75) is 31.9 Å². The molecule has 224 valence electrons. The molecule has 1 saturated heterocycles. The Labute approximate surface area is 245 Å². The third-order valence-corrected chi connectivity index (χ3v) is 7.73. The number of likely N-dealkylation sites (tertiary alicyclic amines) is 1. The highest BCUT2D eigenvalue weighted by atomic mass is 35.5. The number of halogens is 4. The van der Waals surface area contributed by atoms with Crippen LogP contribution in [0.4, 0.5) is 24.7 Å². The smallest absolute Gasteiger partial charge is 0.383 e. The zero-order valence-electron chi connectivity index (χ0n) is 23.4. The Bertz CT molecular complexity index is 1600. The molecule has 0 aliphatic carbocycles. The van der Waals surface area contributed by atoms with Crippen LogP contribution in [0.2, 0.25) is 5.15 Å². The Kier molecular flexibility index (Phi) is 9.05. The number of H-pyrrole nitrogens is 2. The van der Waals surface area contributed by atoms with Crippen molar-refractivity contribution in [1.82, 2.24) is 24.8 Å². The number of nitrogens with zero attached hydrogens (tertiary/aromatic N) is 3. The molecule has 4 N–H and O–H groups in total. The minimum Gasteiger partial charge on any atom is -0.383 e. The molecule has 1 aromatic carbocycles. The summed E-state index contributed by atoms with van der Waals surface area (Å²) in [5, 5.41) is 5.77. The largest absolute Gasteiger partial charge is 0.416 e. The summed E-state index contributed by atoms with van der Waals surface area (Å²) in [6, 6.07) is 7.73. The molecular weight excluding hydrogens is 571 g/mol. The number of nitrogens with one attached hydrogen (secondary N) is 4. The summed E-state index contributed by atoms with van der Waals surface area (Å²) in [5.41, 5.74) is 3.64. The number of aryl methyl sites for hydroxylation is 1. The summed E-state index contributed by atoms with van der Waals surface area (Å²) in [5.74, 6) is 0.889. The zero-order valence-corrected chi connectivity index (χ0v) is 24.1. The lowest BCUT2D eigenvalue weighted by Crippen LogP contribution is -2.35. The molecular formula is C29H33ClF3N7O2. The van der Waals surface area contributed by atoms with E-state index in [9.17, 15) is 18.0 Å². The van der Waals surface area contributed by atoms with Gasteiger partial charge < -0.3 is 30.2 Å². The first-order valence-corrected chi connectivity index (χ1v) is 14.2. The first-order valence-electron chi connectivity index (χ1n) is 13.8. The molecule has 4 heterocycles. The number of aromatic nitrogens is 4. The third-order valence-electron chi connectivity index (χ3n) is 7.54. The van der Waals surface area contributed by atoms with E-state index in [1.165, 1.54) is 11.8 Å². The second-order valence-corrected chi connectivity index (χ2v) is 10.8. The molecule has 1 aliphatic rings. The maximum absolute atomic E-state index is 13.1. The number of alkyl halides is 3. The van der Waals surface area contributed by atoms with Crippen LogP contribution in [0.3, 0.4) is 0 Å². The van der Waals surface area contributed by atoms with Gasteiger partial charge in [0.15, 0.2) is 0 Å². The summed E-state index contributed by atoms with van der Waals surface area (Å²) >= 11 is 5.77. The number of fused-ring (bicyclic) bond motifs is 1. The van der Waals surface area contributed by atoms with E-state index in [2.05, 4.69) is 42.6 Å². The fraction of sp³-hybridized carbons (Fsp3) is 0.414. The minimum absolute atomic E-state index is 0.00645. The molecule has 3 aromatic heterocycles. The number of methoxy groups -OCH3 is 1. The Morgan fingerprint density at radius 3 is 2.62 bits per heavy atom. The number of ether oxygens (including phenoxy) is 1. The summed E-state index contributed by atoms with van der Waals surface area (Å²) in [7, 11) is 1.72. The van der Waals surface area contributed by atoms with Crippen LogP contribution in [0.1, 0.15) is 35.4 Å². The number of anilines is 2. The lowest BCUT2D eigenvalue weighted by Gasteiger charge is -2.32. The van der Waals surface area contributed by atoms with Crippen LogP contribution in [0, 0.1) is 6.92 Å². The molecule has 0 unspecified atom stereocenters. The predicted molar refractivity (Wildman–Crippen MR) is 158 cm³/mol. The molecule has 0 atom stereocenters. The van der Waals surface area contributed by atoms with Crippen LogP contribution in [0.5, 0.6) is 0 Å². The number of rotatable bonds is 10. The monoisotopic (exact) mass is 603 g/mol. The van der Waals surface area contributed by atoms with E-state index in [1.807, 2.05) is 6.92 Å². The molecule has 42 heavy (non-hydrogen) atoms. The third kappa shape index (κ3) is 6.88. The number of imidazole rings is 1. The van der Waals surface area contributed by atoms with Crippen LogP contribution in [-0.4, -0.2) is 71.3 Å². The van der Waals surface area contributed by atoms with Gasteiger partial charge in [0.25, 0.3) is 5.56 Å². The van der Waals surface area contributed by atoms with Gasteiger partial charge in [0.1, 0.15) is 22.4 Å². The second kappa shape index (κ2) is 12.7. The zero-order chi connectivity index (χ0) is 29.9. The van der Waals surface area contributed by atoms with Crippen LogP contribution in [-0.2, 0) is 10.9 Å². The molecule has 5 rings (SSSR count). The molecule has 1 fully saturated rings. The Morgan fingerprint density at radius 1 is 1.12 bits per heavy atom. The van der Waals surface area contributed by atoms with Crippen molar-refractivity contribution in [3.63, 3.8) is 0 Å². The number of benzene rings is 1. The summed E-state index contributed by atoms with van der Waals surface area (Å²) in [4.78, 5) is 30.1. The van der Waals surface area contributed by atoms with Gasteiger partial charge >= 0.3 is 6.18 Å². The molecule has 0 radical (unpaired) electrons. The Morgan fingerprint density at radius 2 is 1.88 bits per heavy atom. The van der Waals surface area contributed by atoms with Crippen molar-refractivity contribution in [3.8, 4) is 11.4 Å². The minimum atomic E-state index is -4.53. The SMILES string of the molecule is COCCN1CCC(c2cc(C)c3nc(-c4c(NCCNc5cc(C(F)(F)F)cc(Cl)n5)cc[nH]c4=O)[nH]c3c2)CC1. The molecule has 0 spiro atoms. The van der Waals surface area contributed by atoms with E-state index < -0.39 is 11.7 Å². The summed E-state index contributed by atoms with van der Waals surface area (Å²) in [6.45, 7) is 6.28. The van der Waals surface area contributed by atoms with Crippen molar-refractivity contribution < 1.29 is 17.9 Å². The fourth-order valence-electron chi connectivity index (χ4n) is 5.38. The van der Waals surface area contributed by atoms with Crippen molar-refractivity contribution in [2.75, 3.05) is 57.1 Å². The van der Waals surface area contributed by atoms with Gasteiger partial charge in [0, 0.05) is 32.9 Å². The number of pyridine rings is 2. The first-order chi connectivity index (χ1) is 20.1. The lowest BCUT2D eigenvalue weighted by atomic mass is 9.88. The fourth-order valence-corrected chi connectivity index (χ4v) is 5.59. The van der Waals surface area contributed by atoms with E-state index in [0.29, 0.717) is 29.5 Å². The summed E-state index contributed by atoms with van der Waals surface area (Å²) in [6.07, 6.45) is -0.869. The number of hydrogen-bond donors (Lipinski definition) is 4. The van der Waals surface area contributed by atoms with Gasteiger partial charge in [-0.25, -0.2) is 9.97 Å². The topological polar surface area (TPSA) is 111 Å². The molecule has 0 saturated carbocycles. The van der Waals surface area contributed by atoms with E-state index in [4.69, 9.17) is 21.3 Å². The number of piperidine rings is 1. The molecule has 1 aliphatic heterocycles. The summed E-state index contributed by atoms with van der Waals surface area (Å²) < 4.78 is 44.5. The van der Waals surface area contributed by atoms with Crippen molar-refractivity contribution >= 4 is 34.1 Å². The highest BCUT2D eigenvalue weighted by molar-refractivity contribution is 6.29. The standard InChI is InChI=1S/C29H33ClF3N7O2/c1-17-13-19(18-4-9-40(10-5-18)11-12-42-2)14-22-26(17)39-27(37-22)25-21(3-6-36-28(25)41)34-7-8-35-24-16-20(29(31,32)33)15-23(30)38-24/h3,6,13-16,18H,4-5,7-12H2,1-2H3,(H,35,38)(H,37,39)(H2,34,36,41). The quantitative estimate of drug-likeness (QED) is 0.137. The second-order valence-electron chi connectivity index (χ2n) is 10.4. The van der Waals surface area contributed by atoms with Gasteiger partial charge in [0.05, 0.1) is 28.9 Å². The van der Waals surface area contributed by atoms with Gasteiger partial charge in [-0.15, -0.1) is 0 Å². The van der Waals surface area contributed by atoms with Crippen molar-refractivity contribution in [1.29, 1.82) is 0 Å². The Balaban J connectivity index is 1.30. The van der Waals surface area contributed by atoms with Crippen molar-refractivity contribution in [2.24, 2.45) is 0 Å². The normalized spacial score (nSPS) is 14.9. The van der Waals surface area contributed by atoms with Crippen LogP contribution < -0.4 is 16.2 Å². The predicted octanol–water partition coefficient (Wildman–Crippen LogP) is 5.64. The Hall–Kier alpha value is -3.61. The average molecular weight is 604 g/mol. The molecule has 0 amide bonds. The van der Waals surface area contributed by atoms with Crippen LogP contribution in [0.25, 0.3) is 22.4 Å². The average Bonchev–Trinajstić information content (AvgIpc) is 3.38. The van der Waals surface area contributed by atoms with Gasteiger partial charge in [-0.3, -0.25) is 4.79 Å². The molecule has 13 heteroatoms. The molecule has 0 bridgehead atoms. The lowest BCUT2D eigenvalue weighted by molar-refractivity contribution is -0.137. The number of hydrogen-bond acceptors (Lipinski definition) is 7.